The zero-order chi connectivity index (χ0) is 11.5. The van der Waals surface area contributed by atoms with Crippen molar-refractivity contribution in [2.75, 3.05) is 13.1 Å². The fourth-order valence-corrected chi connectivity index (χ4v) is 2.30. The molecule has 2 nitrogen and oxygen atoms in total. The zero-order valence-corrected chi connectivity index (χ0v) is 9.75. The van der Waals surface area contributed by atoms with E-state index in [9.17, 15) is 4.39 Å². The third-order valence-corrected chi connectivity index (χ3v) is 3.17. The molecule has 1 atom stereocenters. The Morgan fingerprint density at radius 2 is 2.31 bits per heavy atom. The second-order valence-electron chi connectivity index (χ2n) is 4.72. The summed E-state index contributed by atoms with van der Waals surface area (Å²) in [4.78, 5) is 2.35. The third-order valence-electron chi connectivity index (χ3n) is 3.17. The highest BCUT2D eigenvalue weighted by molar-refractivity contribution is 5.23. The summed E-state index contributed by atoms with van der Waals surface area (Å²) in [7, 11) is 0. The number of nitrogens with two attached hydrogens (primary N) is 1. The molecule has 1 aliphatic heterocycles. The van der Waals surface area contributed by atoms with Crippen molar-refractivity contribution in [2.24, 2.45) is 5.73 Å². The first-order chi connectivity index (χ1) is 7.65. The molecule has 0 bridgehead atoms. The summed E-state index contributed by atoms with van der Waals surface area (Å²) in [5.74, 6) is -0.126. The van der Waals surface area contributed by atoms with Gasteiger partial charge >= 0.3 is 0 Å². The monoisotopic (exact) mass is 222 g/mol. The summed E-state index contributed by atoms with van der Waals surface area (Å²) < 4.78 is 13.1. The Bertz CT molecular complexity index is 365. The molecule has 0 amide bonds. The van der Waals surface area contributed by atoms with Crippen LogP contribution >= 0.6 is 0 Å². The number of aryl methyl sites for hydroxylation is 1. The number of piperidine rings is 1. The lowest BCUT2D eigenvalue weighted by molar-refractivity contribution is 0.201. The predicted octanol–water partition coefficient (Wildman–Crippen LogP) is 2.06. The molecular formula is C13H19FN2. The normalized spacial score (nSPS) is 22.3. The standard InChI is InChI=1S/C13H19FN2/c1-10-7-11(4-5-13(10)14)8-16-6-2-3-12(15)9-16/h4-5,7,12H,2-3,6,8-9,15H2,1H3/t12-/m1/s1. The maximum absolute atomic E-state index is 13.1. The van der Waals surface area contributed by atoms with Gasteiger partial charge in [0.1, 0.15) is 5.82 Å². The Morgan fingerprint density at radius 3 is 3.00 bits per heavy atom. The summed E-state index contributed by atoms with van der Waals surface area (Å²) in [6.07, 6.45) is 2.29. The molecule has 0 saturated carbocycles. The van der Waals surface area contributed by atoms with Crippen LogP contribution in [0.1, 0.15) is 24.0 Å². The van der Waals surface area contributed by atoms with Crippen molar-refractivity contribution >= 4 is 0 Å². The number of hydrogen-bond acceptors (Lipinski definition) is 2. The van der Waals surface area contributed by atoms with Crippen molar-refractivity contribution in [1.82, 2.24) is 4.90 Å². The summed E-state index contributed by atoms with van der Waals surface area (Å²) >= 11 is 0. The van der Waals surface area contributed by atoms with Gasteiger partial charge in [-0.2, -0.15) is 0 Å². The number of benzene rings is 1. The molecule has 0 aromatic heterocycles. The van der Waals surface area contributed by atoms with Crippen molar-refractivity contribution in [2.45, 2.75) is 32.4 Å². The van der Waals surface area contributed by atoms with E-state index < -0.39 is 0 Å². The van der Waals surface area contributed by atoms with Crippen LogP contribution in [-0.2, 0) is 6.54 Å². The van der Waals surface area contributed by atoms with Crippen LogP contribution in [0.4, 0.5) is 4.39 Å². The first-order valence-corrected chi connectivity index (χ1v) is 5.88. The summed E-state index contributed by atoms with van der Waals surface area (Å²) in [5.41, 5.74) is 7.83. The third kappa shape index (κ3) is 2.80. The molecule has 2 rings (SSSR count). The average molecular weight is 222 g/mol. The van der Waals surface area contributed by atoms with Gasteiger partial charge in [-0.1, -0.05) is 12.1 Å². The van der Waals surface area contributed by atoms with Gasteiger partial charge in [-0.3, -0.25) is 4.90 Å². The van der Waals surface area contributed by atoms with Crippen LogP contribution in [0.25, 0.3) is 0 Å². The van der Waals surface area contributed by atoms with E-state index in [-0.39, 0.29) is 5.82 Å². The molecule has 0 aliphatic carbocycles. The average Bonchev–Trinajstić information content (AvgIpc) is 2.24. The van der Waals surface area contributed by atoms with Crippen LogP contribution in [0.5, 0.6) is 0 Å². The molecule has 3 heteroatoms. The summed E-state index contributed by atoms with van der Waals surface area (Å²) in [6, 6.07) is 5.64. The van der Waals surface area contributed by atoms with Gasteiger partial charge in [0.15, 0.2) is 0 Å². The molecule has 0 radical (unpaired) electrons. The summed E-state index contributed by atoms with van der Waals surface area (Å²) in [5, 5.41) is 0. The largest absolute Gasteiger partial charge is 0.327 e. The SMILES string of the molecule is Cc1cc(CN2CCC[C@@H](N)C2)ccc1F. The maximum atomic E-state index is 13.1. The number of hydrogen-bond donors (Lipinski definition) is 1. The molecule has 1 fully saturated rings. The Kier molecular flexibility index (Phi) is 3.56. The minimum absolute atomic E-state index is 0.126. The Morgan fingerprint density at radius 1 is 1.50 bits per heavy atom. The van der Waals surface area contributed by atoms with E-state index in [1.54, 1.807) is 13.0 Å². The van der Waals surface area contributed by atoms with E-state index in [1.165, 1.54) is 12.0 Å². The smallest absolute Gasteiger partial charge is 0.126 e. The number of nitrogens with zero attached hydrogens (tertiary/aromatic N) is 1. The van der Waals surface area contributed by atoms with Crippen molar-refractivity contribution in [1.29, 1.82) is 0 Å². The van der Waals surface area contributed by atoms with Gasteiger partial charge in [-0.15, -0.1) is 0 Å². The van der Waals surface area contributed by atoms with Gasteiger partial charge < -0.3 is 5.73 Å². The molecule has 1 aliphatic rings. The van der Waals surface area contributed by atoms with Gasteiger partial charge in [0.2, 0.25) is 0 Å². The molecule has 2 N–H and O–H groups in total. The predicted molar refractivity (Wildman–Crippen MR) is 63.6 cm³/mol. The molecule has 0 spiro atoms. The molecule has 88 valence electrons. The van der Waals surface area contributed by atoms with E-state index in [2.05, 4.69) is 4.90 Å². The molecular weight excluding hydrogens is 203 g/mol. The summed E-state index contributed by atoms with van der Waals surface area (Å²) in [6.45, 7) is 4.75. The van der Waals surface area contributed by atoms with E-state index in [1.807, 2.05) is 12.1 Å². The number of halogens is 1. The molecule has 1 aromatic rings. The Balaban J connectivity index is 2.00. The van der Waals surface area contributed by atoms with Crippen LogP contribution in [0.15, 0.2) is 18.2 Å². The maximum Gasteiger partial charge on any atom is 0.126 e. The molecule has 1 heterocycles. The lowest BCUT2D eigenvalue weighted by Crippen LogP contribution is -2.42. The Labute approximate surface area is 96.2 Å². The van der Waals surface area contributed by atoms with Crippen molar-refractivity contribution < 1.29 is 4.39 Å². The van der Waals surface area contributed by atoms with Gasteiger partial charge in [0, 0.05) is 19.1 Å². The number of rotatable bonds is 2. The van der Waals surface area contributed by atoms with Gasteiger partial charge in [-0.05, 0) is 43.5 Å². The molecule has 16 heavy (non-hydrogen) atoms. The lowest BCUT2D eigenvalue weighted by atomic mass is 10.1. The van der Waals surface area contributed by atoms with Crippen molar-refractivity contribution in [3.05, 3.63) is 35.1 Å². The van der Waals surface area contributed by atoms with Gasteiger partial charge in [0.25, 0.3) is 0 Å². The van der Waals surface area contributed by atoms with E-state index in [0.717, 1.165) is 31.6 Å². The fraction of sp³-hybridized carbons (Fsp3) is 0.538. The molecule has 1 aromatic carbocycles. The van der Waals surface area contributed by atoms with E-state index in [0.29, 0.717) is 6.04 Å². The van der Waals surface area contributed by atoms with Crippen LogP contribution in [0.2, 0.25) is 0 Å². The topological polar surface area (TPSA) is 29.3 Å². The molecule has 1 saturated heterocycles. The second kappa shape index (κ2) is 4.93. The molecule has 0 unspecified atom stereocenters. The quantitative estimate of drug-likeness (QED) is 0.830. The highest BCUT2D eigenvalue weighted by Gasteiger charge is 2.16. The fourth-order valence-electron chi connectivity index (χ4n) is 2.30. The van der Waals surface area contributed by atoms with Crippen molar-refractivity contribution in [3.8, 4) is 0 Å². The van der Waals surface area contributed by atoms with Crippen LogP contribution < -0.4 is 5.73 Å². The van der Waals surface area contributed by atoms with Crippen LogP contribution in [0, 0.1) is 12.7 Å². The minimum atomic E-state index is -0.126. The highest BCUT2D eigenvalue weighted by atomic mass is 19.1. The van der Waals surface area contributed by atoms with E-state index in [4.69, 9.17) is 5.73 Å². The minimum Gasteiger partial charge on any atom is -0.327 e. The van der Waals surface area contributed by atoms with Gasteiger partial charge in [-0.25, -0.2) is 4.39 Å². The Hall–Kier alpha value is -0.930. The highest BCUT2D eigenvalue weighted by Crippen LogP contribution is 2.15. The second-order valence-corrected chi connectivity index (χ2v) is 4.72. The number of likely N-dealkylation sites (tertiary alicyclic amines) is 1. The van der Waals surface area contributed by atoms with Crippen LogP contribution in [0.3, 0.4) is 0 Å². The van der Waals surface area contributed by atoms with E-state index >= 15 is 0 Å². The first-order valence-electron chi connectivity index (χ1n) is 5.88. The van der Waals surface area contributed by atoms with Crippen molar-refractivity contribution in [3.63, 3.8) is 0 Å². The van der Waals surface area contributed by atoms with Crippen LogP contribution in [-0.4, -0.2) is 24.0 Å². The lowest BCUT2D eigenvalue weighted by Gasteiger charge is -2.30. The first kappa shape index (κ1) is 11.6. The zero-order valence-electron chi connectivity index (χ0n) is 9.75. The van der Waals surface area contributed by atoms with Gasteiger partial charge in [0.05, 0.1) is 0 Å².